The molecule has 0 bridgehead atoms. The highest BCUT2D eigenvalue weighted by atomic mass is 35.5. The Kier molecular flexibility index (Phi) is 2.88. The van der Waals surface area contributed by atoms with E-state index in [0.717, 1.165) is 29.3 Å². The molecular formula is C12H12ClNO2. The molecule has 2 aromatic rings. The molecule has 0 atom stereocenters. The molecule has 4 heteroatoms. The summed E-state index contributed by atoms with van der Waals surface area (Å²) in [6, 6.07) is 3.47. The fourth-order valence-corrected chi connectivity index (χ4v) is 2.19. The number of aromatic carboxylic acids is 1. The number of carboxylic acids is 1. The van der Waals surface area contributed by atoms with Gasteiger partial charge in [-0.1, -0.05) is 24.9 Å². The summed E-state index contributed by atoms with van der Waals surface area (Å²) in [5.41, 5.74) is 2.12. The number of nitrogens with one attached hydrogen (secondary N) is 1. The van der Waals surface area contributed by atoms with Gasteiger partial charge in [-0.25, -0.2) is 4.79 Å². The van der Waals surface area contributed by atoms with E-state index in [0.29, 0.717) is 5.02 Å². The number of aromatic amines is 1. The van der Waals surface area contributed by atoms with Crippen molar-refractivity contribution in [2.45, 2.75) is 19.8 Å². The minimum atomic E-state index is -0.981. The number of benzene rings is 1. The molecule has 0 aliphatic heterocycles. The van der Waals surface area contributed by atoms with E-state index in [2.05, 4.69) is 11.9 Å². The number of hydrogen-bond acceptors (Lipinski definition) is 1. The van der Waals surface area contributed by atoms with Gasteiger partial charge in [0.2, 0.25) is 0 Å². The minimum Gasteiger partial charge on any atom is -0.478 e. The van der Waals surface area contributed by atoms with Crippen LogP contribution in [0.5, 0.6) is 0 Å². The lowest BCUT2D eigenvalue weighted by molar-refractivity contribution is 0.0697. The predicted molar refractivity (Wildman–Crippen MR) is 64.3 cm³/mol. The molecule has 3 nitrogen and oxygen atoms in total. The Bertz CT molecular complexity index is 545. The maximum atomic E-state index is 11.0. The number of carboxylic acid groups (broad SMARTS) is 1. The lowest BCUT2D eigenvalue weighted by Gasteiger charge is -2.06. The zero-order chi connectivity index (χ0) is 11.7. The van der Waals surface area contributed by atoms with Crippen LogP contribution in [0.25, 0.3) is 10.9 Å². The molecule has 0 saturated heterocycles. The van der Waals surface area contributed by atoms with Gasteiger partial charge in [0.05, 0.1) is 16.1 Å². The van der Waals surface area contributed by atoms with E-state index in [4.69, 9.17) is 16.7 Å². The van der Waals surface area contributed by atoms with Crippen molar-refractivity contribution in [1.82, 2.24) is 4.98 Å². The van der Waals surface area contributed by atoms with Gasteiger partial charge in [0, 0.05) is 11.6 Å². The van der Waals surface area contributed by atoms with Crippen molar-refractivity contribution in [2.24, 2.45) is 0 Å². The second kappa shape index (κ2) is 4.18. The number of rotatable bonds is 3. The Hall–Kier alpha value is -1.48. The monoisotopic (exact) mass is 237 g/mol. The number of H-pyrrole nitrogens is 1. The molecule has 0 spiro atoms. The number of hydrogen-bond donors (Lipinski definition) is 2. The van der Waals surface area contributed by atoms with E-state index in [1.165, 1.54) is 0 Å². The maximum absolute atomic E-state index is 11.0. The van der Waals surface area contributed by atoms with Crippen LogP contribution in [0.15, 0.2) is 18.3 Å². The minimum absolute atomic E-state index is 0.178. The van der Waals surface area contributed by atoms with E-state index in [1.54, 1.807) is 12.3 Å². The van der Waals surface area contributed by atoms with Crippen LogP contribution in [0.3, 0.4) is 0 Å². The van der Waals surface area contributed by atoms with Gasteiger partial charge < -0.3 is 10.1 Å². The summed E-state index contributed by atoms with van der Waals surface area (Å²) in [6.45, 7) is 2.06. The average Bonchev–Trinajstić information content (AvgIpc) is 2.71. The van der Waals surface area contributed by atoms with Crippen LogP contribution in [0.2, 0.25) is 5.02 Å². The summed E-state index contributed by atoms with van der Waals surface area (Å²) < 4.78 is 0. The molecule has 1 aromatic carbocycles. The lowest BCUT2D eigenvalue weighted by Crippen LogP contribution is -2.00. The van der Waals surface area contributed by atoms with Crippen molar-refractivity contribution >= 4 is 28.5 Å². The van der Waals surface area contributed by atoms with Crippen LogP contribution in [0, 0.1) is 0 Å². The van der Waals surface area contributed by atoms with E-state index in [9.17, 15) is 4.79 Å². The largest absolute Gasteiger partial charge is 0.478 e. The first kappa shape index (κ1) is 11.0. The maximum Gasteiger partial charge on any atom is 0.337 e. The molecule has 0 unspecified atom stereocenters. The Morgan fingerprint density at radius 3 is 2.94 bits per heavy atom. The van der Waals surface area contributed by atoms with Gasteiger partial charge in [-0.2, -0.15) is 0 Å². The molecule has 1 heterocycles. The van der Waals surface area contributed by atoms with E-state index >= 15 is 0 Å². The van der Waals surface area contributed by atoms with Gasteiger partial charge in [0.25, 0.3) is 0 Å². The highest BCUT2D eigenvalue weighted by Gasteiger charge is 2.15. The molecule has 0 aliphatic carbocycles. The molecule has 2 N–H and O–H groups in total. The molecule has 0 saturated carbocycles. The van der Waals surface area contributed by atoms with Crippen molar-refractivity contribution in [3.05, 3.63) is 34.5 Å². The Labute approximate surface area is 98.0 Å². The summed E-state index contributed by atoms with van der Waals surface area (Å²) in [7, 11) is 0. The molecular weight excluding hydrogens is 226 g/mol. The number of fused-ring (bicyclic) bond motifs is 1. The number of aromatic nitrogens is 1. The lowest BCUT2D eigenvalue weighted by atomic mass is 10.0. The van der Waals surface area contributed by atoms with Crippen molar-refractivity contribution in [1.29, 1.82) is 0 Å². The van der Waals surface area contributed by atoms with Crippen molar-refractivity contribution in [3.8, 4) is 0 Å². The third-order valence-corrected chi connectivity index (χ3v) is 3.02. The Morgan fingerprint density at radius 1 is 1.56 bits per heavy atom. The van der Waals surface area contributed by atoms with Crippen molar-refractivity contribution in [3.63, 3.8) is 0 Å². The molecule has 84 valence electrons. The smallest absolute Gasteiger partial charge is 0.337 e. The number of aryl methyl sites for hydroxylation is 1. The van der Waals surface area contributed by atoms with Crippen molar-refractivity contribution in [2.75, 3.05) is 0 Å². The Balaban J connectivity index is 2.74. The fraction of sp³-hybridized carbons (Fsp3) is 0.250. The summed E-state index contributed by atoms with van der Waals surface area (Å²) in [4.78, 5) is 14.2. The molecule has 0 fully saturated rings. The second-order valence-corrected chi connectivity index (χ2v) is 4.10. The molecule has 0 aliphatic rings. The number of halogens is 1. The number of carbonyl (C=O) groups is 1. The van der Waals surface area contributed by atoms with Gasteiger partial charge in [-0.15, -0.1) is 0 Å². The zero-order valence-corrected chi connectivity index (χ0v) is 9.64. The topological polar surface area (TPSA) is 53.1 Å². The van der Waals surface area contributed by atoms with Gasteiger partial charge in [-0.05, 0) is 24.1 Å². The first-order chi connectivity index (χ1) is 7.65. The van der Waals surface area contributed by atoms with Crippen LogP contribution in [-0.4, -0.2) is 16.1 Å². The zero-order valence-electron chi connectivity index (χ0n) is 8.88. The third kappa shape index (κ3) is 1.67. The highest BCUT2D eigenvalue weighted by Crippen LogP contribution is 2.30. The van der Waals surface area contributed by atoms with E-state index in [1.807, 2.05) is 6.07 Å². The van der Waals surface area contributed by atoms with Gasteiger partial charge in [0.1, 0.15) is 0 Å². The van der Waals surface area contributed by atoms with E-state index in [-0.39, 0.29) is 5.56 Å². The standard InChI is InChI=1S/C12H12ClNO2/c1-2-3-7-6-9(12(15)16)10(13)8-4-5-14-11(7)8/h4-6,14H,2-3H2,1H3,(H,15,16). The molecule has 0 amide bonds. The predicted octanol–water partition coefficient (Wildman–Crippen LogP) is 3.47. The third-order valence-electron chi connectivity index (χ3n) is 2.61. The second-order valence-electron chi connectivity index (χ2n) is 3.72. The summed E-state index contributed by atoms with van der Waals surface area (Å²) >= 11 is 6.05. The van der Waals surface area contributed by atoms with Crippen molar-refractivity contribution < 1.29 is 9.90 Å². The van der Waals surface area contributed by atoms with Gasteiger partial charge >= 0.3 is 5.97 Å². The molecule has 0 radical (unpaired) electrons. The fourth-order valence-electron chi connectivity index (χ4n) is 1.89. The molecule has 2 rings (SSSR count). The van der Waals surface area contributed by atoms with Crippen LogP contribution in [-0.2, 0) is 6.42 Å². The van der Waals surface area contributed by atoms with Gasteiger partial charge in [-0.3, -0.25) is 0 Å². The quantitative estimate of drug-likeness (QED) is 0.859. The van der Waals surface area contributed by atoms with Crippen LogP contribution < -0.4 is 0 Å². The molecule has 1 aromatic heterocycles. The summed E-state index contributed by atoms with van der Waals surface area (Å²) in [5, 5.41) is 10.2. The SMILES string of the molecule is CCCc1cc(C(=O)O)c(Cl)c2cc[nH]c12. The summed E-state index contributed by atoms with van der Waals surface area (Å²) in [6.07, 6.45) is 3.59. The summed E-state index contributed by atoms with van der Waals surface area (Å²) in [5.74, 6) is -0.981. The first-order valence-electron chi connectivity index (χ1n) is 5.17. The van der Waals surface area contributed by atoms with Crippen LogP contribution >= 0.6 is 11.6 Å². The van der Waals surface area contributed by atoms with E-state index < -0.39 is 5.97 Å². The average molecular weight is 238 g/mol. The van der Waals surface area contributed by atoms with Gasteiger partial charge in [0.15, 0.2) is 0 Å². The van der Waals surface area contributed by atoms with Crippen LogP contribution in [0.1, 0.15) is 29.3 Å². The normalized spacial score (nSPS) is 10.9. The Morgan fingerprint density at radius 2 is 2.31 bits per heavy atom. The first-order valence-corrected chi connectivity index (χ1v) is 5.54. The van der Waals surface area contributed by atoms with Crippen LogP contribution in [0.4, 0.5) is 0 Å². The molecule has 16 heavy (non-hydrogen) atoms. The highest BCUT2D eigenvalue weighted by molar-refractivity contribution is 6.38.